The molecule has 0 saturated carbocycles. The van der Waals surface area contributed by atoms with Crippen LogP contribution in [-0.2, 0) is 6.42 Å². The van der Waals surface area contributed by atoms with Crippen molar-refractivity contribution in [3.8, 4) is 11.8 Å². The molecule has 4 heteroatoms. The highest BCUT2D eigenvalue weighted by Crippen LogP contribution is 2.40. The average molecular weight is 233 g/mol. The fraction of sp³-hybridized carbons (Fsp3) is 0.385. The summed E-state index contributed by atoms with van der Waals surface area (Å²) >= 11 is 0. The van der Waals surface area contributed by atoms with Crippen molar-refractivity contribution < 1.29 is 13.9 Å². The van der Waals surface area contributed by atoms with E-state index in [1.165, 1.54) is 19.1 Å². The maximum atomic E-state index is 13.3. The van der Waals surface area contributed by atoms with Gasteiger partial charge in [-0.3, -0.25) is 4.79 Å². The highest BCUT2D eigenvalue weighted by Gasteiger charge is 2.37. The minimum Gasteiger partial charge on any atom is -0.485 e. The first-order valence-electron chi connectivity index (χ1n) is 5.34. The molecule has 1 atom stereocenters. The summed E-state index contributed by atoms with van der Waals surface area (Å²) in [7, 11) is 0. The van der Waals surface area contributed by atoms with Crippen LogP contribution in [0.4, 0.5) is 4.39 Å². The molecule has 1 heterocycles. The van der Waals surface area contributed by atoms with Gasteiger partial charge in [-0.15, -0.1) is 0 Å². The SMILES string of the molecule is CC(=O)c1cc(F)cc2c1OC(C)(CC#N)C2. The topological polar surface area (TPSA) is 50.1 Å². The van der Waals surface area contributed by atoms with Gasteiger partial charge < -0.3 is 4.74 Å². The zero-order valence-electron chi connectivity index (χ0n) is 9.71. The Balaban J connectivity index is 2.48. The van der Waals surface area contributed by atoms with Gasteiger partial charge in [0.2, 0.25) is 0 Å². The largest absolute Gasteiger partial charge is 0.485 e. The van der Waals surface area contributed by atoms with E-state index in [1.54, 1.807) is 6.92 Å². The number of nitriles is 1. The summed E-state index contributed by atoms with van der Waals surface area (Å²) in [5.41, 5.74) is 0.254. The van der Waals surface area contributed by atoms with Crippen molar-refractivity contribution in [3.63, 3.8) is 0 Å². The first kappa shape index (κ1) is 11.6. The number of hydrogen-bond acceptors (Lipinski definition) is 3. The molecule has 0 saturated heterocycles. The third kappa shape index (κ3) is 2.01. The maximum Gasteiger partial charge on any atom is 0.163 e. The predicted octanol–water partition coefficient (Wildman–Crippen LogP) is 2.64. The zero-order chi connectivity index (χ0) is 12.6. The molecule has 1 aliphatic heterocycles. The van der Waals surface area contributed by atoms with Crippen molar-refractivity contribution >= 4 is 5.78 Å². The average Bonchev–Trinajstić information content (AvgIpc) is 2.53. The molecule has 1 unspecified atom stereocenters. The van der Waals surface area contributed by atoms with Crippen LogP contribution >= 0.6 is 0 Å². The van der Waals surface area contributed by atoms with Crippen LogP contribution in [-0.4, -0.2) is 11.4 Å². The molecule has 1 aromatic rings. The molecule has 0 amide bonds. The molecule has 2 rings (SSSR count). The Morgan fingerprint density at radius 3 is 2.94 bits per heavy atom. The number of halogens is 1. The summed E-state index contributed by atoms with van der Waals surface area (Å²) in [4.78, 5) is 11.4. The molecular formula is C13H12FNO2. The lowest BCUT2D eigenvalue weighted by Crippen LogP contribution is -2.29. The number of ether oxygens (including phenoxy) is 1. The lowest BCUT2D eigenvalue weighted by atomic mass is 9.95. The minimum atomic E-state index is -0.658. The maximum absolute atomic E-state index is 13.3. The van der Waals surface area contributed by atoms with Gasteiger partial charge in [-0.25, -0.2) is 4.39 Å². The van der Waals surface area contributed by atoms with Crippen molar-refractivity contribution in [3.05, 3.63) is 29.1 Å². The number of carbonyl (C=O) groups excluding carboxylic acids is 1. The van der Waals surface area contributed by atoms with Gasteiger partial charge in [0.25, 0.3) is 0 Å². The van der Waals surface area contributed by atoms with Crippen LogP contribution < -0.4 is 4.74 Å². The number of ketones is 1. The van der Waals surface area contributed by atoms with E-state index >= 15 is 0 Å². The van der Waals surface area contributed by atoms with Crippen LogP contribution in [0.5, 0.6) is 5.75 Å². The Bertz CT molecular complexity index is 533. The number of rotatable bonds is 2. The smallest absolute Gasteiger partial charge is 0.163 e. The highest BCUT2D eigenvalue weighted by atomic mass is 19.1. The molecular weight excluding hydrogens is 221 g/mol. The molecule has 0 aliphatic carbocycles. The Hall–Kier alpha value is -1.89. The van der Waals surface area contributed by atoms with E-state index in [4.69, 9.17) is 10.00 Å². The molecule has 0 aromatic heterocycles. The van der Waals surface area contributed by atoms with Gasteiger partial charge in [0.15, 0.2) is 5.78 Å². The Labute approximate surface area is 98.8 Å². The lowest BCUT2D eigenvalue weighted by molar-refractivity contribution is 0.0988. The van der Waals surface area contributed by atoms with Gasteiger partial charge in [0.05, 0.1) is 18.1 Å². The fourth-order valence-electron chi connectivity index (χ4n) is 2.11. The van der Waals surface area contributed by atoms with E-state index in [9.17, 15) is 9.18 Å². The first-order valence-corrected chi connectivity index (χ1v) is 5.34. The van der Waals surface area contributed by atoms with Crippen molar-refractivity contribution in [2.75, 3.05) is 0 Å². The first-order chi connectivity index (χ1) is 7.95. The second-order valence-corrected chi connectivity index (χ2v) is 4.56. The normalized spacial score (nSPS) is 21.5. The summed E-state index contributed by atoms with van der Waals surface area (Å²) in [6.07, 6.45) is 0.661. The molecule has 0 spiro atoms. The molecule has 0 radical (unpaired) electrons. The molecule has 17 heavy (non-hydrogen) atoms. The van der Waals surface area contributed by atoms with Gasteiger partial charge in [-0.1, -0.05) is 0 Å². The fourth-order valence-corrected chi connectivity index (χ4v) is 2.11. The second kappa shape index (κ2) is 3.85. The summed E-state index contributed by atoms with van der Waals surface area (Å²) < 4.78 is 19.0. The third-order valence-electron chi connectivity index (χ3n) is 2.88. The van der Waals surface area contributed by atoms with E-state index in [0.717, 1.165) is 0 Å². The summed E-state index contributed by atoms with van der Waals surface area (Å²) in [5.74, 6) is -0.252. The van der Waals surface area contributed by atoms with Crippen molar-refractivity contribution in [1.29, 1.82) is 5.26 Å². The van der Waals surface area contributed by atoms with E-state index < -0.39 is 11.4 Å². The van der Waals surface area contributed by atoms with Crippen LogP contribution in [0.25, 0.3) is 0 Å². The number of nitrogens with zero attached hydrogens (tertiary/aromatic N) is 1. The van der Waals surface area contributed by atoms with E-state index in [1.807, 2.05) is 6.07 Å². The van der Waals surface area contributed by atoms with Crippen LogP contribution in [0.15, 0.2) is 12.1 Å². The number of carbonyl (C=O) groups is 1. The predicted molar refractivity (Wildman–Crippen MR) is 59.4 cm³/mol. The molecule has 1 aromatic carbocycles. The summed E-state index contributed by atoms with van der Waals surface area (Å²) in [6.45, 7) is 3.16. The van der Waals surface area contributed by atoms with Crippen molar-refractivity contribution in [2.45, 2.75) is 32.3 Å². The zero-order valence-corrected chi connectivity index (χ0v) is 9.71. The molecule has 0 fully saturated rings. The van der Waals surface area contributed by atoms with Gasteiger partial charge in [0.1, 0.15) is 17.2 Å². The number of hydrogen-bond donors (Lipinski definition) is 0. The summed E-state index contributed by atoms with van der Waals surface area (Å²) in [5, 5.41) is 8.73. The van der Waals surface area contributed by atoms with Crippen molar-refractivity contribution in [2.24, 2.45) is 0 Å². The van der Waals surface area contributed by atoms with E-state index in [0.29, 0.717) is 17.7 Å². The van der Waals surface area contributed by atoms with Gasteiger partial charge in [-0.05, 0) is 26.0 Å². The van der Waals surface area contributed by atoms with Gasteiger partial charge in [-0.2, -0.15) is 5.26 Å². The molecule has 0 N–H and O–H groups in total. The van der Waals surface area contributed by atoms with Crippen LogP contribution in [0.1, 0.15) is 36.2 Å². The number of fused-ring (bicyclic) bond motifs is 1. The molecule has 1 aliphatic rings. The van der Waals surface area contributed by atoms with Crippen LogP contribution in [0, 0.1) is 17.1 Å². The monoisotopic (exact) mass is 233 g/mol. The standard InChI is InChI=1S/C13H12FNO2/c1-8(16)11-6-10(14)5-9-7-13(2,3-4-15)17-12(9)11/h5-6H,3,7H2,1-2H3. The highest BCUT2D eigenvalue weighted by molar-refractivity contribution is 5.97. The Morgan fingerprint density at radius 2 is 2.35 bits per heavy atom. The molecule has 88 valence electrons. The Morgan fingerprint density at radius 1 is 1.65 bits per heavy atom. The summed E-state index contributed by atoms with van der Waals surface area (Å²) in [6, 6.07) is 4.59. The second-order valence-electron chi connectivity index (χ2n) is 4.56. The Kier molecular flexibility index (Phi) is 2.62. The quantitative estimate of drug-likeness (QED) is 0.738. The van der Waals surface area contributed by atoms with Crippen molar-refractivity contribution in [1.82, 2.24) is 0 Å². The minimum absolute atomic E-state index is 0.209. The molecule has 0 bridgehead atoms. The van der Waals surface area contributed by atoms with Gasteiger partial charge in [0, 0.05) is 12.0 Å². The number of Topliss-reactive ketones (excluding diaryl/α,β-unsaturated/α-hetero) is 1. The van der Waals surface area contributed by atoms with Crippen LogP contribution in [0.2, 0.25) is 0 Å². The van der Waals surface area contributed by atoms with Gasteiger partial charge >= 0.3 is 0 Å². The lowest BCUT2D eigenvalue weighted by Gasteiger charge is -2.20. The van der Waals surface area contributed by atoms with E-state index in [-0.39, 0.29) is 17.8 Å². The molecule has 3 nitrogen and oxygen atoms in total. The van der Waals surface area contributed by atoms with Crippen LogP contribution in [0.3, 0.4) is 0 Å². The third-order valence-corrected chi connectivity index (χ3v) is 2.88. The number of benzene rings is 1. The van der Waals surface area contributed by atoms with E-state index in [2.05, 4.69) is 0 Å².